The van der Waals surface area contributed by atoms with Gasteiger partial charge < -0.3 is 10.1 Å². The molecule has 2 unspecified atom stereocenters. The largest absolute Gasteiger partial charge is 0.492 e. The van der Waals surface area contributed by atoms with Crippen LogP contribution in [0.2, 0.25) is 0 Å². The van der Waals surface area contributed by atoms with E-state index >= 15 is 0 Å². The van der Waals surface area contributed by atoms with Crippen LogP contribution in [0.5, 0.6) is 5.75 Å². The lowest BCUT2D eigenvalue weighted by Gasteiger charge is -2.28. The summed E-state index contributed by atoms with van der Waals surface area (Å²) < 4.78 is 7.56. The molecule has 1 aromatic heterocycles. The van der Waals surface area contributed by atoms with Gasteiger partial charge in [-0.15, -0.1) is 0 Å². The van der Waals surface area contributed by atoms with Gasteiger partial charge in [0.2, 0.25) is 0 Å². The summed E-state index contributed by atoms with van der Waals surface area (Å²) >= 11 is 0. The van der Waals surface area contributed by atoms with Crippen molar-refractivity contribution in [2.75, 3.05) is 19.7 Å². The van der Waals surface area contributed by atoms with Crippen molar-refractivity contribution in [3.05, 3.63) is 64.7 Å². The van der Waals surface area contributed by atoms with Gasteiger partial charge in [-0.1, -0.05) is 24.3 Å². The highest BCUT2D eigenvalue weighted by atomic mass is 16.5. The molecule has 28 heavy (non-hydrogen) atoms. The second kappa shape index (κ2) is 7.04. The van der Waals surface area contributed by atoms with E-state index in [2.05, 4.69) is 10.2 Å². The lowest BCUT2D eigenvalue weighted by Crippen LogP contribution is -2.44. The smallest absolute Gasteiger partial charge is 0.266 e. The Morgan fingerprint density at radius 3 is 2.82 bits per heavy atom. The molecule has 2 bridgehead atoms. The van der Waals surface area contributed by atoms with Gasteiger partial charge in [0.25, 0.3) is 5.56 Å². The van der Waals surface area contributed by atoms with E-state index in [1.54, 1.807) is 4.57 Å². The Labute approximate surface area is 165 Å². The molecule has 6 heteroatoms. The molecule has 2 aliphatic rings. The first-order valence-electron chi connectivity index (χ1n) is 9.95. The number of aromatic nitrogens is 2. The predicted molar refractivity (Wildman–Crippen MR) is 111 cm³/mol. The fourth-order valence-electron chi connectivity index (χ4n) is 4.48. The molecule has 2 aliphatic heterocycles. The molecule has 2 fully saturated rings. The maximum absolute atomic E-state index is 13.5. The van der Waals surface area contributed by atoms with Crippen LogP contribution in [0.4, 0.5) is 0 Å². The number of nitrogens with one attached hydrogen (secondary N) is 1. The summed E-state index contributed by atoms with van der Waals surface area (Å²) in [5.74, 6) is 1.47. The van der Waals surface area contributed by atoms with Crippen LogP contribution in [0.15, 0.2) is 53.3 Å². The van der Waals surface area contributed by atoms with E-state index in [-0.39, 0.29) is 6.99 Å². The van der Waals surface area contributed by atoms with Crippen molar-refractivity contribution >= 4 is 10.9 Å². The first-order valence-corrected chi connectivity index (χ1v) is 9.95. The molecule has 2 saturated heterocycles. The molecule has 0 saturated carbocycles. The van der Waals surface area contributed by atoms with Crippen molar-refractivity contribution in [3.63, 3.8) is 0 Å². The number of rotatable bonds is 5. The quantitative estimate of drug-likeness (QED) is 0.740. The summed E-state index contributed by atoms with van der Waals surface area (Å²) in [6.07, 6.45) is 1.17. The van der Waals surface area contributed by atoms with Crippen molar-refractivity contribution in [1.29, 1.82) is 0 Å². The van der Waals surface area contributed by atoms with Crippen molar-refractivity contribution in [2.24, 2.45) is 0 Å². The highest BCUT2D eigenvalue weighted by molar-refractivity contribution is 5.78. The molecule has 0 spiro atoms. The predicted octanol–water partition coefficient (Wildman–Crippen LogP) is 2.58. The minimum Gasteiger partial charge on any atom is -0.492 e. The number of hydrogen-bond acceptors (Lipinski definition) is 5. The van der Waals surface area contributed by atoms with E-state index in [9.17, 15) is 4.79 Å². The van der Waals surface area contributed by atoms with Gasteiger partial charge in [-0.3, -0.25) is 14.3 Å². The normalized spacial score (nSPS) is 21.5. The van der Waals surface area contributed by atoms with Crippen LogP contribution in [0.3, 0.4) is 0 Å². The fourth-order valence-corrected chi connectivity index (χ4v) is 4.48. The SMILES string of the molecule is CCOc1ccccc1-n1c(CN2CC3CC2CN3)nc2ccccc2c1=O.[HH]. The van der Waals surface area contributed by atoms with Crippen molar-refractivity contribution in [1.82, 2.24) is 19.8 Å². The van der Waals surface area contributed by atoms with Gasteiger partial charge in [-0.2, -0.15) is 0 Å². The lowest BCUT2D eigenvalue weighted by molar-refractivity contribution is 0.211. The standard InChI is InChI=1S/C22H24N4O2.H2/c1-2-28-20-10-6-5-9-19(20)26-21(14-25-13-15-11-16(25)12-23-15)24-18-8-4-3-7-17(18)22(26)27;/h3-10,15-16,23H,2,11-14H2,1H3;1H. The molecule has 2 aromatic carbocycles. The Hall–Kier alpha value is -2.70. The number of nitrogens with zero attached hydrogens (tertiary/aromatic N) is 3. The van der Waals surface area contributed by atoms with Crippen molar-refractivity contribution < 1.29 is 6.16 Å². The molecule has 1 N–H and O–H groups in total. The molecule has 0 amide bonds. The number of fused-ring (bicyclic) bond motifs is 3. The monoisotopic (exact) mass is 378 g/mol. The number of para-hydroxylation sites is 3. The molecule has 5 rings (SSSR count). The first kappa shape index (κ1) is 17.4. The Morgan fingerprint density at radius 1 is 1.21 bits per heavy atom. The molecule has 146 valence electrons. The Morgan fingerprint density at radius 2 is 2.04 bits per heavy atom. The van der Waals surface area contributed by atoms with Crippen molar-refractivity contribution in [2.45, 2.75) is 32.0 Å². The van der Waals surface area contributed by atoms with Crippen LogP contribution in [0.25, 0.3) is 16.6 Å². The maximum Gasteiger partial charge on any atom is 0.266 e. The van der Waals surface area contributed by atoms with Gasteiger partial charge in [0.15, 0.2) is 0 Å². The Kier molecular flexibility index (Phi) is 4.37. The van der Waals surface area contributed by atoms with Gasteiger partial charge in [0, 0.05) is 26.6 Å². The third-order valence-corrected chi connectivity index (χ3v) is 5.77. The average molecular weight is 378 g/mol. The van der Waals surface area contributed by atoms with Crippen LogP contribution in [0, 0.1) is 0 Å². The van der Waals surface area contributed by atoms with E-state index in [1.807, 2.05) is 55.5 Å². The molecule has 2 atom stereocenters. The van der Waals surface area contributed by atoms with Crippen LogP contribution in [0.1, 0.15) is 20.6 Å². The summed E-state index contributed by atoms with van der Waals surface area (Å²) in [4.78, 5) is 20.8. The maximum atomic E-state index is 13.5. The van der Waals surface area contributed by atoms with E-state index < -0.39 is 0 Å². The third kappa shape index (κ3) is 2.89. The molecular weight excluding hydrogens is 352 g/mol. The zero-order chi connectivity index (χ0) is 19.1. The Balaban J connectivity index is 0.00000205. The molecular formula is C22H26N4O2. The zero-order valence-electron chi connectivity index (χ0n) is 16.0. The van der Waals surface area contributed by atoms with Gasteiger partial charge >= 0.3 is 0 Å². The number of ether oxygens (including phenoxy) is 1. The number of piperazine rings is 1. The molecule has 0 radical (unpaired) electrons. The first-order chi connectivity index (χ1) is 13.7. The molecule has 3 heterocycles. The second-order valence-electron chi connectivity index (χ2n) is 7.51. The molecule has 3 aromatic rings. The van der Waals surface area contributed by atoms with E-state index in [0.717, 1.165) is 30.1 Å². The summed E-state index contributed by atoms with van der Waals surface area (Å²) in [5, 5.41) is 4.16. The highest BCUT2D eigenvalue weighted by Gasteiger charge is 2.38. The lowest BCUT2D eigenvalue weighted by atomic mass is 10.2. The van der Waals surface area contributed by atoms with Crippen LogP contribution in [-0.4, -0.2) is 46.2 Å². The number of benzene rings is 2. The molecule has 6 nitrogen and oxygen atoms in total. The summed E-state index contributed by atoms with van der Waals surface area (Å²) in [7, 11) is 0. The van der Waals surface area contributed by atoms with Crippen LogP contribution >= 0.6 is 0 Å². The van der Waals surface area contributed by atoms with Crippen LogP contribution < -0.4 is 15.6 Å². The third-order valence-electron chi connectivity index (χ3n) is 5.77. The highest BCUT2D eigenvalue weighted by Crippen LogP contribution is 2.27. The van der Waals surface area contributed by atoms with Gasteiger partial charge in [-0.25, -0.2) is 4.98 Å². The van der Waals surface area contributed by atoms with Gasteiger partial charge in [-0.05, 0) is 37.6 Å². The summed E-state index contributed by atoms with van der Waals surface area (Å²) in [5.41, 5.74) is 1.45. The number of hydrogen-bond donors (Lipinski definition) is 1. The van der Waals surface area contributed by atoms with E-state index in [0.29, 0.717) is 36.4 Å². The topological polar surface area (TPSA) is 59.4 Å². The Bertz CT molecular complexity index is 1080. The molecule has 0 aliphatic carbocycles. The average Bonchev–Trinajstić information content (AvgIpc) is 3.33. The second-order valence-corrected chi connectivity index (χ2v) is 7.51. The summed E-state index contributed by atoms with van der Waals surface area (Å²) in [6.45, 7) is 5.17. The van der Waals surface area contributed by atoms with Gasteiger partial charge in [0.05, 0.1) is 29.7 Å². The minimum atomic E-state index is -0.0461. The van der Waals surface area contributed by atoms with E-state index in [1.165, 1.54) is 6.42 Å². The summed E-state index contributed by atoms with van der Waals surface area (Å²) in [6, 6.07) is 16.4. The number of likely N-dealkylation sites (tertiary alicyclic amines) is 1. The van der Waals surface area contributed by atoms with Crippen molar-refractivity contribution in [3.8, 4) is 11.4 Å². The zero-order valence-corrected chi connectivity index (χ0v) is 16.0. The minimum absolute atomic E-state index is 0. The van der Waals surface area contributed by atoms with Crippen LogP contribution in [-0.2, 0) is 6.54 Å². The van der Waals surface area contributed by atoms with Gasteiger partial charge in [0.1, 0.15) is 11.6 Å². The fraction of sp³-hybridized carbons (Fsp3) is 0.364. The van der Waals surface area contributed by atoms with E-state index in [4.69, 9.17) is 9.72 Å².